The van der Waals surface area contributed by atoms with Gasteiger partial charge in [0, 0.05) is 19.4 Å². The third-order valence-electron chi connectivity index (χ3n) is 7.86. The number of rotatable bonds is 18. The molecule has 5 amide bonds. The summed E-state index contributed by atoms with van der Waals surface area (Å²) in [6, 6.07) is 13.9. The maximum Gasteiger partial charge on any atom is 0.326 e. The fraction of sp³-hybridized carbons (Fsp3) is 0.455. The van der Waals surface area contributed by atoms with E-state index in [0.29, 0.717) is 38.8 Å². The Morgan fingerprint density at radius 2 is 1.38 bits per heavy atom. The Morgan fingerprint density at radius 3 is 1.96 bits per heavy atom. The lowest BCUT2D eigenvalue weighted by molar-refractivity contribution is -0.142. The van der Waals surface area contributed by atoms with Crippen molar-refractivity contribution >= 4 is 35.5 Å². The van der Waals surface area contributed by atoms with Gasteiger partial charge in [0.2, 0.25) is 29.5 Å². The minimum absolute atomic E-state index is 0.0557. The van der Waals surface area contributed by atoms with Crippen LogP contribution in [0.3, 0.4) is 0 Å². The van der Waals surface area contributed by atoms with Crippen molar-refractivity contribution in [3.8, 4) is 0 Å². The summed E-state index contributed by atoms with van der Waals surface area (Å²) < 4.78 is 0. The molecule has 0 bridgehead atoms. The van der Waals surface area contributed by atoms with Crippen molar-refractivity contribution in [2.24, 2.45) is 11.5 Å². The molecule has 254 valence electrons. The maximum absolute atomic E-state index is 13.6. The van der Waals surface area contributed by atoms with Gasteiger partial charge in [0.05, 0.1) is 13.1 Å². The van der Waals surface area contributed by atoms with Crippen LogP contribution in [0.1, 0.15) is 43.2 Å². The first-order chi connectivity index (χ1) is 22.6. The van der Waals surface area contributed by atoms with Crippen LogP contribution in [0, 0.1) is 0 Å². The molecule has 9 N–H and O–H groups in total. The van der Waals surface area contributed by atoms with Gasteiger partial charge in [-0.05, 0) is 49.8 Å². The monoisotopic (exact) mass is 651 g/mol. The van der Waals surface area contributed by atoms with Crippen LogP contribution < -0.4 is 32.7 Å². The van der Waals surface area contributed by atoms with Crippen molar-refractivity contribution in [2.45, 2.75) is 69.1 Å². The summed E-state index contributed by atoms with van der Waals surface area (Å²) in [5, 5.41) is 20.0. The van der Waals surface area contributed by atoms with E-state index in [1.165, 1.54) is 4.90 Å². The number of unbranched alkanes of at least 4 members (excludes halogenated alkanes) is 1. The molecular weight excluding hydrogens is 606 g/mol. The van der Waals surface area contributed by atoms with E-state index in [-0.39, 0.29) is 25.8 Å². The van der Waals surface area contributed by atoms with E-state index in [1.807, 2.05) is 30.3 Å². The van der Waals surface area contributed by atoms with Gasteiger partial charge in [-0.3, -0.25) is 24.0 Å². The molecule has 2 aromatic carbocycles. The first-order valence-corrected chi connectivity index (χ1v) is 15.8. The van der Waals surface area contributed by atoms with E-state index < -0.39 is 66.2 Å². The standard InChI is InChI=1S/C33H45N7O7/c34-16-8-7-14-24(30(43)39-26(33(46)47)19-23-12-5-2-6-13-23)37-29(42)21-36-31(44)27-15-9-17-40(27)32(45)25(38-28(41)20-35)18-22-10-3-1-4-11-22/h1-6,10-13,24-27H,7-9,14-21,34-35H2,(H,36,44)(H,37,42)(H,38,41)(H,39,43)(H,46,47)/t24-,25-,26-,27-/m0/s1. The molecule has 14 heteroatoms. The number of aliphatic carboxylic acids is 1. The Balaban J connectivity index is 1.61. The summed E-state index contributed by atoms with van der Waals surface area (Å²) in [5.41, 5.74) is 12.6. The highest BCUT2D eigenvalue weighted by Crippen LogP contribution is 2.20. The molecule has 0 aromatic heterocycles. The largest absolute Gasteiger partial charge is 0.480 e. The van der Waals surface area contributed by atoms with E-state index in [9.17, 15) is 33.9 Å². The second-order valence-corrected chi connectivity index (χ2v) is 11.4. The zero-order valence-corrected chi connectivity index (χ0v) is 26.4. The number of carbonyl (C=O) groups excluding carboxylic acids is 5. The molecule has 1 aliphatic rings. The van der Waals surface area contributed by atoms with Crippen LogP contribution in [0.25, 0.3) is 0 Å². The van der Waals surface area contributed by atoms with E-state index in [4.69, 9.17) is 11.5 Å². The number of hydrogen-bond acceptors (Lipinski definition) is 8. The highest BCUT2D eigenvalue weighted by molar-refractivity contribution is 5.95. The molecule has 14 nitrogen and oxygen atoms in total. The van der Waals surface area contributed by atoms with Gasteiger partial charge in [0.25, 0.3) is 0 Å². The molecule has 0 spiro atoms. The highest BCUT2D eigenvalue weighted by atomic mass is 16.4. The van der Waals surface area contributed by atoms with E-state index in [2.05, 4.69) is 21.3 Å². The van der Waals surface area contributed by atoms with Crippen molar-refractivity contribution in [1.82, 2.24) is 26.2 Å². The van der Waals surface area contributed by atoms with Gasteiger partial charge >= 0.3 is 5.97 Å². The zero-order valence-electron chi connectivity index (χ0n) is 26.4. The predicted molar refractivity (Wildman–Crippen MR) is 173 cm³/mol. The Hall–Kier alpha value is -4.82. The molecule has 3 rings (SSSR count). The molecule has 1 heterocycles. The molecule has 47 heavy (non-hydrogen) atoms. The predicted octanol–water partition coefficient (Wildman–Crippen LogP) is -0.794. The minimum atomic E-state index is -1.22. The van der Waals surface area contributed by atoms with Crippen LogP contribution in [0.2, 0.25) is 0 Å². The average Bonchev–Trinajstić information content (AvgIpc) is 3.57. The Morgan fingerprint density at radius 1 is 0.787 bits per heavy atom. The number of carboxylic acids is 1. The van der Waals surface area contributed by atoms with Gasteiger partial charge in [-0.25, -0.2) is 4.79 Å². The average molecular weight is 652 g/mol. The van der Waals surface area contributed by atoms with Gasteiger partial charge in [-0.1, -0.05) is 60.7 Å². The zero-order chi connectivity index (χ0) is 34.2. The number of carbonyl (C=O) groups is 6. The quantitative estimate of drug-likeness (QED) is 0.100. The van der Waals surface area contributed by atoms with Crippen molar-refractivity contribution in [3.05, 3.63) is 71.8 Å². The van der Waals surface area contributed by atoms with E-state index in [1.54, 1.807) is 30.3 Å². The fourth-order valence-electron chi connectivity index (χ4n) is 5.42. The summed E-state index contributed by atoms with van der Waals surface area (Å²) in [4.78, 5) is 78.3. The molecule has 0 saturated carbocycles. The fourth-order valence-corrected chi connectivity index (χ4v) is 5.42. The lowest BCUT2D eigenvalue weighted by Crippen LogP contribution is -2.56. The van der Waals surface area contributed by atoms with Gasteiger partial charge in [0.1, 0.15) is 24.2 Å². The number of nitrogens with two attached hydrogens (primary N) is 2. The molecular formula is C33H45N7O7. The van der Waals surface area contributed by atoms with Gasteiger partial charge in [0.15, 0.2) is 0 Å². The third-order valence-corrected chi connectivity index (χ3v) is 7.86. The van der Waals surface area contributed by atoms with Crippen LogP contribution in [0.15, 0.2) is 60.7 Å². The topological polar surface area (TPSA) is 226 Å². The molecule has 2 aromatic rings. The summed E-state index contributed by atoms with van der Waals surface area (Å²) in [6.07, 6.45) is 2.48. The minimum Gasteiger partial charge on any atom is -0.480 e. The SMILES string of the molecule is NCCCC[C@H](NC(=O)CNC(=O)[C@@H]1CCCN1C(=O)[C@H](Cc1ccccc1)NC(=O)CN)C(=O)N[C@@H](Cc1ccccc1)C(=O)O. The molecule has 4 atom stereocenters. The van der Waals surface area contributed by atoms with Crippen molar-refractivity contribution in [1.29, 1.82) is 0 Å². The highest BCUT2D eigenvalue weighted by Gasteiger charge is 2.38. The second-order valence-electron chi connectivity index (χ2n) is 11.4. The van der Waals surface area contributed by atoms with Crippen molar-refractivity contribution in [3.63, 3.8) is 0 Å². The molecule has 0 aliphatic carbocycles. The van der Waals surface area contributed by atoms with Crippen LogP contribution >= 0.6 is 0 Å². The van der Waals surface area contributed by atoms with Gasteiger partial charge in [-0.15, -0.1) is 0 Å². The maximum atomic E-state index is 13.6. The first kappa shape index (κ1) is 36.6. The van der Waals surface area contributed by atoms with Gasteiger partial charge < -0.3 is 42.7 Å². The number of benzene rings is 2. The number of likely N-dealkylation sites (tertiary alicyclic amines) is 1. The molecule has 1 fully saturated rings. The van der Waals surface area contributed by atoms with Crippen molar-refractivity contribution in [2.75, 3.05) is 26.2 Å². The molecule has 1 saturated heterocycles. The van der Waals surface area contributed by atoms with Crippen LogP contribution in [0.5, 0.6) is 0 Å². The van der Waals surface area contributed by atoms with Crippen LogP contribution in [-0.4, -0.2) is 95.9 Å². The number of nitrogens with zero attached hydrogens (tertiary/aromatic N) is 1. The molecule has 0 unspecified atom stereocenters. The van der Waals surface area contributed by atoms with Gasteiger partial charge in [-0.2, -0.15) is 0 Å². The number of hydrogen-bond donors (Lipinski definition) is 7. The number of nitrogens with one attached hydrogen (secondary N) is 4. The van der Waals surface area contributed by atoms with Crippen LogP contribution in [-0.2, 0) is 41.6 Å². The normalized spacial score (nSPS) is 16.0. The van der Waals surface area contributed by atoms with E-state index in [0.717, 1.165) is 11.1 Å². The lowest BCUT2D eigenvalue weighted by Gasteiger charge is -2.29. The Bertz CT molecular complexity index is 1360. The summed E-state index contributed by atoms with van der Waals surface area (Å²) in [5.74, 6) is -4.03. The first-order valence-electron chi connectivity index (χ1n) is 15.8. The summed E-state index contributed by atoms with van der Waals surface area (Å²) in [7, 11) is 0. The van der Waals surface area contributed by atoms with E-state index >= 15 is 0 Å². The second kappa shape index (κ2) is 19.0. The Labute approximate surface area is 274 Å². The number of carboxylic acid groups (broad SMARTS) is 1. The third kappa shape index (κ3) is 11.8. The smallest absolute Gasteiger partial charge is 0.326 e. The Kier molecular flexibility index (Phi) is 14.8. The molecule has 1 aliphatic heterocycles. The summed E-state index contributed by atoms with van der Waals surface area (Å²) in [6.45, 7) is -0.0958. The summed E-state index contributed by atoms with van der Waals surface area (Å²) >= 11 is 0. The van der Waals surface area contributed by atoms with Crippen LogP contribution in [0.4, 0.5) is 0 Å². The van der Waals surface area contributed by atoms with Crippen molar-refractivity contribution < 1.29 is 33.9 Å². The number of amides is 5. The lowest BCUT2D eigenvalue weighted by atomic mass is 10.0. The molecule has 0 radical (unpaired) electrons.